The number of hydrogen-bond acceptors (Lipinski definition) is 4. The van der Waals surface area contributed by atoms with Crippen LogP contribution in [0.2, 0.25) is 0 Å². The number of nitrogens with one attached hydrogen (secondary N) is 2. The molecule has 0 aliphatic heterocycles. The quantitative estimate of drug-likeness (QED) is 0.783. The molecule has 0 unspecified atom stereocenters. The number of aromatic nitrogens is 1. The number of aryl methyl sites for hydroxylation is 2. The normalized spacial score (nSPS) is 10.4. The van der Waals surface area contributed by atoms with Crippen molar-refractivity contribution in [2.75, 3.05) is 0 Å². The van der Waals surface area contributed by atoms with Gasteiger partial charge in [0.25, 0.3) is 5.91 Å². The first-order valence-corrected chi connectivity index (χ1v) is 6.18. The Hall–Kier alpha value is -2.83. The summed E-state index contributed by atoms with van der Waals surface area (Å²) in [5, 5.41) is 11.4. The molecule has 2 rings (SSSR count). The molecule has 21 heavy (non-hydrogen) atoms. The van der Waals surface area contributed by atoms with Crippen molar-refractivity contribution in [2.24, 2.45) is 0 Å². The van der Waals surface area contributed by atoms with Crippen molar-refractivity contribution in [1.82, 2.24) is 10.3 Å². The monoisotopic (exact) mass is 290 g/mol. The number of carboxylic acids is 1. The van der Waals surface area contributed by atoms with E-state index in [4.69, 9.17) is 9.52 Å². The summed E-state index contributed by atoms with van der Waals surface area (Å²) in [5.41, 5.74) is 0.310. The predicted molar refractivity (Wildman–Crippen MR) is 73.4 cm³/mol. The van der Waals surface area contributed by atoms with Gasteiger partial charge in [-0.15, -0.1) is 0 Å². The van der Waals surface area contributed by atoms with Gasteiger partial charge in [0.15, 0.2) is 5.43 Å². The van der Waals surface area contributed by atoms with Crippen LogP contribution in [-0.4, -0.2) is 22.0 Å². The van der Waals surface area contributed by atoms with Crippen LogP contribution in [0.4, 0.5) is 0 Å². The van der Waals surface area contributed by atoms with E-state index in [0.29, 0.717) is 11.5 Å². The molecule has 7 heteroatoms. The van der Waals surface area contributed by atoms with Gasteiger partial charge < -0.3 is 19.8 Å². The third kappa shape index (κ3) is 3.19. The van der Waals surface area contributed by atoms with Gasteiger partial charge in [0.2, 0.25) is 0 Å². The molecule has 0 saturated carbocycles. The lowest BCUT2D eigenvalue weighted by Gasteiger charge is -2.03. The minimum absolute atomic E-state index is 0.000268. The first-order valence-electron chi connectivity index (χ1n) is 6.18. The van der Waals surface area contributed by atoms with Crippen LogP contribution in [0.5, 0.6) is 0 Å². The third-order valence-electron chi connectivity index (χ3n) is 2.92. The second-order valence-corrected chi connectivity index (χ2v) is 4.56. The average molecular weight is 290 g/mol. The van der Waals surface area contributed by atoms with E-state index in [9.17, 15) is 14.4 Å². The Morgan fingerprint density at radius 1 is 1.29 bits per heavy atom. The van der Waals surface area contributed by atoms with Gasteiger partial charge in [0, 0.05) is 18.0 Å². The summed E-state index contributed by atoms with van der Waals surface area (Å²) in [6.45, 7) is 3.24. The Bertz CT molecular complexity index is 757. The maximum absolute atomic E-state index is 11.9. The largest absolute Gasteiger partial charge is 0.478 e. The van der Waals surface area contributed by atoms with Gasteiger partial charge in [0.1, 0.15) is 22.6 Å². The maximum atomic E-state index is 11.9. The summed E-state index contributed by atoms with van der Waals surface area (Å²) in [7, 11) is 0. The minimum Gasteiger partial charge on any atom is -0.478 e. The molecule has 2 aromatic rings. The van der Waals surface area contributed by atoms with E-state index in [1.807, 2.05) is 0 Å². The number of carbonyl (C=O) groups excluding carboxylic acids is 1. The number of hydrogen-bond donors (Lipinski definition) is 3. The number of carboxylic acid groups (broad SMARTS) is 1. The first kappa shape index (κ1) is 14.6. The highest BCUT2D eigenvalue weighted by molar-refractivity contribution is 5.93. The van der Waals surface area contributed by atoms with E-state index in [1.54, 1.807) is 6.92 Å². The zero-order valence-corrected chi connectivity index (χ0v) is 11.5. The molecule has 2 aromatic heterocycles. The molecule has 0 aromatic carbocycles. The molecule has 0 saturated heterocycles. The Balaban J connectivity index is 2.09. The van der Waals surface area contributed by atoms with Crippen molar-refractivity contribution in [2.45, 2.75) is 20.4 Å². The van der Waals surface area contributed by atoms with Crippen LogP contribution in [0.15, 0.2) is 27.5 Å². The zero-order chi connectivity index (χ0) is 15.6. The Labute approximate surface area is 119 Å². The fourth-order valence-electron chi connectivity index (χ4n) is 1.86. The number of aromatic carboxylic acids is 1. The van der Waals surface area contributed by atoms with Crippen LogP contribution >= 0.6 is 0 Å². The average Bonchev–Trinajstić information content (AvgIpc) is 2.77. The van der Waals surface area contributed by atoms with E-state index < -0.39 is 11.9 Å². The van der Waals surface area contributed by atoms with E-state index in [0.717, 1.165) is 0 Å². The van der Waals surface area contributed by atoms with Crippen molar-refractivity contribution >= 4 is 11.9 Å². The van der Waals surface area contributed by atoms with Crippen molar-refractivity contribution in [3.63, 3.8) is 0 Å². The summed E-state index contributed by atoms with van der Waals surface area (Å²) in [5.74, 6) is -1.08. The van der Waals surface area contributed by atoms with Gasteiger partial charge in [-0.1, -0.05) is 0 Å². The first-order chi connectivity index (χ1) is 9.88. The molecule has 0 spiro atoms. The van der Waals surface area contributed by atoms with E-state index in [2.05, 4.69) is 10.3 Å². The topological polar surface area (TPSA) is 112 Å². The summed E-state index contributed by atoms with van der Waals surface area (Å²) in [6.07, 6.45) is 1.34. The van der Waals surface area contributed by atoms with Crippen LogP contribution in [0.1, 0.15) is 37.9 Å². The summed E-state index contributed by atoms with van der Waals surface area (Å²) < 4.78 is 5.23. The molecule has 0 radical (unpaired) electrons. The van der Waals surface area contributed by atoms with Crippen molar-refractivity contribution < 1.29 is 19.1 Å². The van der Waals surface area contributed by atoms with E-state index in [-0.39, 0.29) is 28.9 Å². The lowest BCUT2D eigenvalue weighted by Crippen LogP contribution is -2.28. The molecule has 0 bridgehead atoms. The molecule has 1 amide bonds. The number of aromatic amines is 1. The molecule has 0 aliphatic rings. The fraction of sp³-hybridized carbons (Fsp3) is 0.214. The molecule has 110 valence electrons. The number of pyridine rings is 1. The third-order valence-corrected chi connectivity index (χ3v) is 2.92. The number of rotatable bonds is 4. The minimum atomic E-state index is -1.09. The second-order valence-electron chi connectivity index (χ2n) is 4.56. The lowest BCUT2D eigenvalue weighted by atomic mass is 10.2. The predicted octanol–water partition coefficient (Wildman–Crippen LogP) is 1.21. The van der Waals surface area contributed by atoms with Gasteiger partial charge in [0.05, 0.1) is 6.54 Å². The summed E-state index contributed by atoms with van der Waals surface area (Å²) >= 11 is 0. The number of amides is 1. The van der Waals surface area contributed by atoms with Gasteiger partial charge in [-0.3, -0.25) is 9.59 Å². The van der Waals surface area contributed by atoms with E-state index in [1.165, 1.54) is 25.3 Å². The zero-order valence-electron chi connectivity index (χ0n) is 11.5. The van der Waals surface area contributed by atoms with Crippen LogP contribution in [0, 0.1) is 13.8 Å². The number of carbonyl (C=O) groups is 2. The van der Waals surface area contributed by atoms with Crippen molar-refractivity contribution in [3.05, 3.63) is 56.9 Å². The fourth-order valence-corrected chi connectivity index (χ4v) is 1.86. The maximum Gasteiger partial charge on any atom is 0.339 e. The Morgan fingerprint density at radius 2 is 2.00 bits per heavy atom. The molecule has 0 atom stereocenters. The molecular weight excluding hydrogens is 276 g/mol. The van der Waals surface area contributed by atoms with Crippen LogP contribution in [0.25, 0.3) is 0 Å². The molecular formula is C14H14N2O5. The van der Waals surface area contributed by atoms with Gasteiger partial charge in [-0.05, 0) is 19.9 Å². The lowest BCUT2D eigenvalue weighted by molar-refractivity contribution is 0.0694. The highest BCUT2D eigenvalue weighted by atomic mass is 16.4. The van der Waals surface area contributed by atoms with Gasteiger partial charge in [-0.2, -0.15) is 0 Å². The van der Waals surface area contributed by atoms with Crippen LogP contribution in [0.3, 0.4) is 0 Å². The van der Waals surface area contributed by atoms with E-state index >= 15 is 0 Å². The SMILES string of the molecule is Cc1cc(=O)c(C(=O)NCc2cc(C(=O)O)c(C)o2)c[nH]1. The number of H-pyrrole nitrogens is 1. The highest BCUT2D eigenvalue weighted by Crippen LogP contribution is 2.14. The summed E-state index contributed by atoms with van der Waals surface area (Å²) in [4.78, 5) is 37.2. The second kappa shape index (κ2) is 5.66. The smallest absolute Gasteiger partial charge is 0.339 e. The van der Waals surface area contributed by atoms with Gasteiger partial charge >= 0.3 is 5.97 Å². The van der Waals surface area contributed by atoms with Crippen LogP contribution < -0.4 is 10.7 Å². The standard InChI is InChI=1S/C14H14N2O5/c1-7-3-12(17)11(6-15-7)13(18)16-5-9-4-10(14(19)20)8(2)21-9/h3-4,6H,5H2,1-2H3,(H,15,17)(H,16,18)(H,19,20). The Kier molecular flexibility index (Phi) is 3.93. The van der Waals surface area contributed by atoms with Crippen LogP contribution in [-0.2, 0) is 6.54 Å². The highest BCUT2D eigenvalue weighted by Gasteiger charge is 2.15. The molecule has 0 fully saturated rings. The Morgan fingerprint density at radius 3 is 2.57 bits per heavy atom. The molecule has 3 N–H and O–H groups in total. The van der Waals surface area contributed by atoms with Gasteiger partial charge in [-0.25, -0.2) is 4.79 Å². The summed E-state index contributed by atoms with van der Waals surface area (Å²) in [6, 6.07) is 2.67. The van der Waals surface area contributed by atoms with Crippen molar-refractivity contribution in [3.8, 4) is 0 Å². The number of furan rings is 1. The molecule has 0 aliphatic carbocycles. The molecule has 7 nitrogen and oxygen atoms in total. The van der Waals surface area contributed by atoms with Crippen molar-refractivity contribution in [1.29, 1.82) is 0 Å². The molecule has 2 heterocycles.